The lowest BCUT2D eigenvalue weighted by Gasteiger charge is -2.22. The third-order valence-corrected chi connectivity index (χ3v) is 8.00. The molecule has 156 valence electrons. The molecule has 0 spiro atoms. The maximum atomic E-state index is 12.7. The lowest BCUT2D eigenvalue weighted by Crippen LogP contribution is -2.35. The van der Waals surface area contributed by atoms with Gasteiger partial charge in [-0.05, 0) is 54.4 Å². The topological polar surface area (TPSA) is 82.1 Å². The summed E-state index contributed by atoms with van der Waals surface area (Å²) in [5, 5.41) is 3.54. The van der Waals surface area contributed by atoms with E-state index in [4.69, 9.17) is 0 Å². The summed E-state index contributed by atoms with van der Waals surface area (Å²) in [5.74, 6) is 0.336. The quantitative estimate of drug-likeness (QED) is 0.784. The number of fused-ring (bicyclic) bond motifs is 3. The molecule has 0 bridgehead atoms. The molecule has 2 aromatic rings. The number of anilines is 2. The monoisotopic (exact) mass is 442 g/mol. The first-order chi connectivity index (χ1) is 14.5. The standard InChI is InChI=1S/C21H22N4O3S2/c26-20(22-13-15-8-9-24(14-15)17-4-2-1-3-5-17)16-6-7-18-19(12-16)29-21-23-30(27,28)11-10-25(18)21/h1-7,12,15H,8-11,13-14H2,(H,22,26). The third kappa shape index (κ3) is 3.79. The van der Waals surface area contributed by atoms with Crippen molar-refractivity contribution in [1.82, 2.24) is 5.32 Å². The Bertz CT molecular complexity index is 1120. The van der Waals surface area contributed by atoms with Crippen LogP contribution in [0.3, 0.4) is 0 Å². The van der Waals surface area contributed by atoms with Crippen LogP contribution >= 0.6 is 11.8 Å². The molecule has 0 aliphatic carbocycles. The molecule has 1 atom stereocenters. The van der Waals surface area contributed by atoms with Crippen LogP contribution in [-0.2, 0) is 10.0 Å². The second kappa shape index (κ2) is 7.63. The van der Waals surface area contributed by atoms with Gasteiger partial charge in [-0.15, -0.1) is 4.40 Å². The fraction of sp³-hybridized carbons (Fsp3) is 0.333. The minimum absolute atomic E-state index is 0.0140. The van der Waals surface area contributed by atoms with Crippen LogP contribution < -0.4 is 15.1 Å². The first kappa shape index (κ1) is 19.4. The summed E-state index contributed by atoms with van der Waals surface area (Å²) in [4.78, 5) is 17.8. The number of para-hydroxylation sites is 1. The number of hydrogen-bond acceptors (Lipinski definition) is 6. The van der Waals surface area contributed by atoms with E-state index in [0.29, 0.717) is 29.7 Å². The maximum Gasteiger partial charge on any atom is 0.257 e. The van der Waals surface area contributed by atoms with Crippen molar-refractivity contribution in [3.8, 4) is 0 Å². The molecule has 9 heteroatoms. The molecule has 2 aromatic carbocycles. The van der Waals surface area contributed by atoms with Gasteiger partial charge in [0.2, 0.25) is 0 Å². The largest absolute Gasteiger partial charge is 0.371 e. The van der Waals surface area contributed by atoms with E-state index in [2.05, 4.69) is 26.7 Å². The summed E-state index contributed by atoms with van der Waals surface area (Å²) in [7, 11) is -3.38. The number of nitrogens with zero attached hydrogens (tertiary/aromatic N) is 3. The summed E-state index contributed by atoms with van der Waals surface area (Å²) < 4.78 is 27.4. The number of amidine groups is 1. The van der Waals surface area contributed by atoms with Crippen molar-refractivity contribution in [3.63, 3.8) is 0 Å². The Hall–Kier alpha value is -2.52. The normalized spacial score (nSPS) is 21.7. The summed E-state index contributed by atoms with van der Waals surface area (Å²) in [5.41, 5.74) is 2.73. The molecule has 30 heavy (non-hydrogen) atoms. The van der Waals surface area contributed by atoms with Crippen LogP contribution in [0, 0.1) is 5.92 Å². The summed E-state index contributed by atoms with van der Waals surface area (Å²) in [6.07, 6.45) is 1.05. The van der Waals surface area contributed by atoms with Crippen LogP contribution in [0.15, 0.2) is 57.8 Å². The van der Waals surface area contributed by atoms with Gasteiger partial charge in [-0.25, -0.2) is 8.42 Å². The fourth-order valence-corrected chi connectivity index (χ4v) is 6.38. The van der Waals surface area contributed by atoms with E-state index in [1.807, 2.05) is 35.2 Å². The van der Waals surface area contributed by atoms with Crippen molar-refractivity contribution in [1.29, 1.82) is 0 Å². The van der Waals surface area contributed by atoms with Gasteiger partial charge in [0.25, 0.3) is 15.9 Å². The minimum Gasteiger partial charge on any atom is -0.371 e. The number of benzene rings is 2. The molecule has 5 rings (SSSR count). The molecular weight excluding hydrogens is 420 g/mol. The number of hydrogen-bond donors (Lipinski definition) is 1. The van der Waals surface area contributed by atoms with Gasteiger partial charge in [0.15, 0.2) is 5.17 Å². The van der Waals surface area contributed by atoms with Crippen molar-refractivity contribution in [2.45, 2.75) is 11.3 Å². The van der Waals surface area contributed by atoms with E-state index in [0.717, 1.165) is 30.1 Å². The highest BCUT2D eigenvalue weighted by Gasteiger charge is 2.33. The second-order valence-electron chi connectivity index (χ2n) is 7.74. The third-order valence-electron chi connectivity index (χ3n) is 5.69. The smallest absolute Gasteiger partial charge is 0.257 e. The molecule has 1 unspecified atom stereocenters. The number of rotatable bonds is 4. The van der Waals surface area contributed by atoms with Gasteiger partial charge in [-0.1, -0.05) is 18.2 Å². The fourth-order valence-electron chi connectivity index (χ4n) is 4.08. The van der Waals surface area contributed by atoms with E-state index in [-0.39, 0.29) is 11.7 Å². The first-order valence-corrected chi connectivity index (χ1v) is 12.4. The number of thioether (sulfide) groups is 1. The lowest BCUT2D eigenvalue weighted by atomic mass is 10.1. The highest BCUT2D eigenvalue weighted by atomic mass is 32.2. The van der Waals surface area contributed by atoms with Gasteiger partial charge in [0, 0.05) is 42.3 Å². The number of carbonyl (C=O) groups is 1. The highest BCUT2D eigenvalue weighted by Crippen LogP contribution is 2.42. The molecule has 1 fully saturated rings. The Morgan fingerprint density at radius 3 is 2.83 bits per heavy atom. The number of sulfonamides is 1. The van der Waals surface area contributed by atoms with E-state index in [9.17, 15) is 13.2 Å². The predicted molar refractivity (Wildman–Crippen MR) is 120 cm³/mol. The molecule has 3 heterocycles. The van der Waals surface area contributed by atoms with E-state index in [1.165, 1.54) is 17.4 Å². The molecule has 1 amide bonds. The van der Waals surface area contributed by atoms with Gasteiger partial charge in [0.05, 0.1) is 11.4 Å². The van der Waals surface area contributed by atoms with Crippen molar-refractivity contribution in [2.24, 2.45) is 10.3 Å². The molecular formula is C21H22N4O3S2. The van der Waals surface area contributed by atoms with Crippen LogP contribution in [0.1, 0.15) is 16.8 Å². The van der Waals surface area contributed by atoms with Crippen LogP contribution in [0.2, 0.25) is 0 Å². The van der Waals surface area contributed by atoms with Crippen molar-refractivity contribution in [3.05, 3.63) is 54.1 Å². The number of nitrogens with one attached hydrogen (secondary N) is 1. The Labute approximate surface area is 180 Å². The Kier molecular flexibility index (Phi) is 4.94. The molecule has 1 saturated heterocycles. The van der Waals surface area contributed by atoms with Crippen molar-refractivity contribution >= 4 is 44.2 Å². The van der Waals surface area contributed by atoms with E-state index >= 15 is 0 Å². The van der Waals surface area contributed by atoms with Gasteiger partial charge in [-0.3, -0.25) is 4.79 Å². The number of carbonyl (C=O) groups excluding carboxylic acids is 1. The Morgan fingerprint density at radius 1 is 1.17 bits per heavy atom. The SMILES string of the molecule is O=C(NCC1CCN(c2ccccc2)C1)c1ccc2c(c1)SC1=NS(=O)(=O)CCN12. The zero-order valence-corrected chi connectivity index (χ0v) is 18.0. The van der Waals surface area contributed by atoms with Crippen LogP contribution in [-0.4, -0.2) is 51.4 Å². The van der Waals surface area contributed by atoms with Crippen molar-refractivity contribution < 1.29 is 13.2 Å². The van der Waals surface area contributed by atoms with Gasteiger partial charge in [0.1, 0.15) is 0 Å². The van der Waals surface area contributed by atoms with Crippen LogP contribution in [0.5, 0.6) is 0 Å². The molecule has 0 aromatic heterocycles. The highest BCUT2D eigenvalue weighted by molar-refractivity contribution is 8.15. The van der Waals surface area contributed by atoms with E-state index in [1.54, 1.807) is 6.07 Å². The zero-order chi connectivity index (χ0) is 20.7. The summed E-state index contributed by atoms with van der Waals surface area (Å²) in [6, 6.07) is 15.8. The average Bonchev–Trinajstić information content (AvgIpc) is 3.35. The molecule has 3 aliphatic heterocycles. The lowest BCUT2D eigenvalue weighted by molar-refractivity contribution is 0.0948. The minimum atomic E-state index is -3.38. The maximum absolute atomic E-state index is 12.7. The van der Waals surface area contributed by atoms with E-state index < -0.39 is 10.0 Å². The van der Waals surface area contributed by atoms with Crippen LogP contribution in [0.25, 0.3) is 0 Å². The zero-order valence-electron chi connectivity index (χ0n) is 16.3. The average molecular weight is 443 g/mol. The van der Waals surface area contributed by atoms with Crippen molar-refractivity contribution in [2.75, 3.05) is 41.7 Å². The number of amides is 1. The predicted octanol–water partition coefficient (Wildman–Crippen LogP) is 2.55. The Morgan fingerprint density at radius 2 is 2.00 bits per heavy atom. The van der Waals surface area contributed by atoms with Gasteiger partial charge < -0.3 is 15.1 Å². The first-order valence-electron chi connectivity index (χ1n) is 9.99. The van der Waals surface area contributed by atoms with Gasteiger partial charge in [-0.2, -0.15) is 0 Å². The Balaban J connectivity index is 1.21. The summed E-state index contributed by atoms with van der Waals surface area (Å²) >= 11 is 1.31. The molecule has 0 radical (unpaired) electrons. The molecule has 0 saturated carbocycles. The molecule has 1 N–H and O–H groups in total. The molecule has 7 nitrogen and oxygen atoms in total. The molecule has 3 aliphatic rings. The van der Waals surface area contributed by atoms with Gasteiger partial charge >= 0.3 is 0 Å². The second-order valence-corrected chi connectivity index (χ2v) is 10.5. The summed E-state index contributed by atoms with van der Waals surface area (Å²) in [6.45, 7) is 2.98. The van der Waals surface area contributed by atoms with Crippen LogP contribution in [0.4, 0.5) is 11.4 Å².